The number of aliphatic hydroxyl groups excluding tert-OH is 1. The summed E-state index contributed by atoms with van der Waals surface area (Å²) in [6, 6.07) is 9.57. The molecule has 1 aliphatic carbocycles. The van der Waals surface area contributed by atoms with Crippen LogP contribution in [0, 0.1) is 5.92 Å². The van der Waals surface area contributed by atoms with Gasteiger partial charge >= 0.3 is 0 Å². The smallest absolute Gasteiger partial charge is 0.0471 e. The van der Waals surface area contributed by atoms with Gasteiger partial charge in [-0.25, -0.2) is 0 Å². The Bertz CT molecular complexity index is 390. The van der Waals surface area contributed by atoms with Crippen LogP contribution in [0.1, 0.15) is 56.7 Å². The minimum atomic E-state index is 0.249. The molecule has 4 unspecified atom stereocenters. The van der Waals surface area contributed by atoms with E-state index in [1.165, 1.54) is 24.0 Å². The first kappa shape index (κ1) is 13.6. The lowest BCUT2D eigenvalue weighted by Crippen LogP contribution is -2.38. The van der Waals surface area contributed by atoms with Crippen LogP contribution in [0.4, 0.5) is 0 Å². The van der Waals surface area contributed by atoms with Gasteiger partial charge in [-0.2, -0.15) is 0 Å². The van der Waals surface area contributed by atoms with Crippen LogP contribution in [0.3, 0.4) is 0 Å². The van der Waals surface area contributed by atoms with E-state index in [4.69, 9.17) is 0 Å². The third-order valence-electron chi connectivity index (χ3n) is 4.40. The summed E-state index contributed by atoms with van der Waals surface area (Å²) in [5, 5.41) is 12.9. The Hall–Kier alpha value is -0.860. The molecular weight excluding hydrogens is 222 g/mol. The van der Waals surface area contributed by atoms with Crippen molar-refractivity contribution >= 4 is 0 Å². The minimum absolute atomic E-state index is 0.249. The standard InChI is InChI=1S/C16H25NO/c1-11-8-9-16(17-13(3)12(2)10-18)15-7-5-4-6-14(11)15/h4-7,11-13,16-18H,8-10H2,1-3H3. The summed E-state index contributed by atoms with van der Waals surface area (Å²) >= 11 is 0. The molecule has 1 aromatic rings. The molecule has 100 valence electrons. The monoisotopic (exact) mass is 247 g/mol. The van der Waals surface area contributed by atoms with Crippen molar-refractivity contribution in [2.75, 3.05) is 6.61 Å². The lowest BCUT2D eigenvalue weighted by Gasteiger charge is -2.33. The Labute approximate surface area is 110 Å². The fourth-order valence-corrected chi connectivity index (χ4v) is 2.82. The average Bonchev–Trinajstić information content (AvgIpc) is 2.41. The fourth-order valence-electron chi connectivity index (χ4n) is 2.82. The molecule has 0 saturated heterocycles. The summed E-state index contributed by atoms with van der Waals surface area (Å²) < 4.78 is 0. The van der Waals surface area contributed by atoms with Gasteiger partial charge in [0.2, 0.25) is 0 Å². The van der Waals surface area contributed by atoms with Crippen molar-refractivity contribution in [1.29, 1.82) is 0 Å². The third-order valence-corrected chi connectivity index (χ3v) is 4.40. The summed E-state index contributed by atoms with van der Waals surface area (Å²) in [4.78, 5) is 0. The first-order chi connectivity index (χ1) is 8.63. The molecule has 4 atom stereocenters. The highest BCUT2D eigenvalue weighted by Crippen LogP contribution is 2.37. The van der Waals surface area contributed by atoms with Crippen LogP contribution in [0.25, 0.3) is 0 Å². The Balaban J connectivity index is 2.14. The van der Waals surface area contributed by atoms with Crippen molar-refractivity contribution in [2.24, 2.45) is 5.92 Å². The number of benzene rings is 1. The van der Waals surface area contributed by atoms with Gasteiger partial charge in [0.25, 0.3) is 0 Å². The maximum absolute atomic E-state index is 9.23. The zero-order chi connectivity index (χ0) is 13.1. The molecule has 0 radical (unpaired) electrons. The molecule has 0 spiro atoms. The zero-order valence-corrected chi connectivity index (χ0v) is 11.7. The van der Waals surface area contributed by atoms with E-state index < -0.39 is 0 Å². The SMILES string of the molecule is CC1CCC(NC(C)C(C)CO)c2ccccc21. The molecule has 1 aromatic carbocycles. The zero-order valence-electron chi connectivity index (χ0n) is 11.7. The fraction of sp³-hybridized carbons (Fsp3) is 0.625. The Morgan fingerprint density at radius 1 is 1.22 bits per heavy atom. The largest absolute Gasteiger partial charge is 0.396 e. The van der Waals surface area contributed by atoms with Gasteiger partial charge in [0.1, 0.15) is 0 Å². The van der Waals surface area contributed by atoms with Crippen molar-refractivity contribution in [3.05, 3.63) is 35.4 Å². The molecular formula is C16H25NO. The van der Waals surface area contributed by atoms with E-state index in [-0.39, 0.29) is 6.61 Å². The van der Waals surface area contributed by atoms with Gasteiger partial charge in [-0.05, 0) is 42.7 Å². The number of rotatable bonds is 4. The van der Waals surface area contributed by atoms with E-state index in [1.54, 1.807) is 0 Å². The first-order valence-electron chi connectivity index (χ1n) is 7.09. The van der Waals surface area contributed by atoms with Crippen molar-refractivity contribution < 1.29 is 5.11 Å². The molecule has 0 amide bonds. The molecule has 18 heavy (non-hydrogen) atoms. The first-order valence-corrected chi connectivity index (χ1v) is 7.09. The van der Waals surface area contributed by atoms with E-state index in [2.05, 4.69) is 50.4 Å². The van der Waals surface area contributed by atoms with E-state index in [1.807, 2.05) is 0 Å². The average molecular weight is 247 g/mol. The van der Waals surface area contributed by atoms with Gasteiger partial charge in [0.05, 0.1) is 0 Å². The lowest BCUT2D eigenvalue weighted by molar-refractivity contribution is 0.197. The molecule has 0 heterocycles. The predicted octanol–water partition coefficient (Wildman–Crippen LogP) is 3.23. The summed E-state index contributed by atoms with van der Waals surface area (Å²) in [6.07, 6.45) is 2.44. The Kier molecular flexibility index (Phi) is 4.41. The number of aliphatic hydroxyl groups is 1. The van der Waals surface area contributed by atoms with E-state index >= 15 is 0 Å². The topological polar surface area (TPSA) is 32.3 Å². The normalized spacial score (nSPS) is 26.4. The highest BCUT2D eigenvalue weighted by molar-refractivity contribution is 5.35. The molecule has 2 N–H and O–H groups in total. The van der Waals surface area contributed by atoms with Crippen LogP contribution in [0.5, 0.6) is 0 Å². The van der Waals surface area contributed by atoms with E-state index in [0.717, 1.165) is 0 Å². The summed E-state index contributed by atoms with van der Waals surface area (Å²) in [6.45, 7) is 6.82. The second-order valence-electron chi connectivity index (χ2n) is 5.78. The van der Waals surface area contributed by atoms with Gasteiger partial charge in [-0.15, -0.1) is 0 Å². The van der Waals surface area contributed by atoms with Crippen LogP contribution in [0.2, 0.25) is 0 Å². The van der Waals surface area contributed by atoms with Crippen LogP contribution in [-0.4, -0.2) is 17.8 Å². The highest BCUT2D eigenvalue weighted by Gasteiger charge is 2.26. The van der Waals surface area contributed by atoms with Crippen LogP contribution < -0.4 is 5.32 Å². The van der Waals surface area contributed by atoms with Gasteiger partial charge < -0.3 is 10.4 Å². The highest BCUT2D eigenvalue weighted by atomic mass is 16.3. The van der Waals surface area contributed by atoms with Crippen molar-refractivity contribution in [3.63, 3.8) is 0 Å². The second kappa shape index (κ2) is 5.85. The van der Waals surface area contributed by atoms with Crippen molar-refractivity contribution in [1.82, 2.24) is 5.32 Å². The third kappa shape index (κ3) is 2.76. The van der Waals surface area contributed by atoms with Gasteiger partial charge in [0, 0.05) is 18.7 Å². The molecule has 0 saturated carbocycles. The molecule has 0 aliphatic heterocycles. The Morgan fingerprint density at radius 3 is 2.56 bits per heavy atom. The maximum Gasteiger partial charge on any atom is 0.0471 e. The number of hydrogen-bond donors (Lipinski definition) is 2. The number of hydrogen-bond acceptors (Lipinski definition) is 2. The Morgan fingerprint density at radius 2 is 1.89 bits per heavy atom. The molecule has 0 aromatic heterocycles. The number of fused-ring (bicyclic) bond motifs is 1. The maximum atomic E-state index is 9.23. The lowest BCUT2D eigenvalue weighted by atomic mass is 9.80. The number of nitrogens with one attached hydrogen (secondary N) is 1. The molecule has 2 rings (SSSR count). The van der Waals surface area contributed by atoms with Crippen LogP contribution >= 0.6 is 0 Å². The summed E-state index contributed by atoms with van der Waals surface area (Å²) in [5.74, 6) is 0.973. The summed E-state index contributed by atoms with van der Waals surface area (Å²) in [7, 11) is 0. The van der Waals surface area contributed by atoms with E-state index in [0.29, 0.717) is 23.9 Å². The van der Waals surface area contributed by atoms with Crippen molar-refractivity contribution in [3.8, 4) is 0 Å². The second-order valence-corrected chi connectivity index (χ2v) is 5.78. The minimum Gasteiger partial charge on any atom is -0.396 e. The van der Waals surface area contributed by atoms with Gasteiger partial charge in [-0.1, -0.05) is 38.1 Å². The van der Waals surface area contributed by atoms with Crippen LogP contribution in [0.15, 0.2) is 24.3 Å². The van der Waals surface area contributed by atoms with Crippen LogP contribution in [-0.2, 0) is 0 Å². The molecule has 1 aliphatic rings. The predicted molar refractivity (Wildman–Crippen MR) is 75.7 cm³/mol. The quantitative estimate of drug-likeness (QED) is 0.856. The van der Waals surface area contributed by atoms with E-state index in [9.17, 15) is 5.11 Å². The summed E-state index contributed by atoms with van der Waals surface area (Å²) in [5.41, 5.74) is 2.94. The van der Waals surface area contributed by atoms with Gasteiger partial charge in [-0.3, -0.25) is 0 Å². The van der Waals surface area contributed by atoms with Gasteiger partial charge in [0.15, 0.2) is 0 Å². The van der Waals surface area contributed by atoms with Crippen molar-refractivity contribution in [2.45, 2.75) is 51.6 Å². The molecule has 0 fully saturated rings. The molecule has 2 nitrogen and oxygen atoms in total. The molecule has 0 bridgehead atoms. The molecule has 2 heteroatoms.